The van der Waals surface area contributed by atoms with E-state index < -0.39 is 0 Å². The molecule has 1 aromatic heterocycles. The Bertz CT molecular complexity index is 547. The lowest BCUT2D eigenvalue weighted by Gasteiger charge is -2.14. The molecule has 0 saturated carbocycles. The Morgan fingerprint density at radius 3 is 3.19 bits per heavy atom. The largest absolute Gasteiger partial charge is 0.352 e. The predicted molar refractivity (Wildman–Crippen MR) is 82.7 cm³/mol. The van der Waals surface area contributed by atoms with Crippen LogP contribution in [0, 0.1) is 17.8 Å². The Hall–Kier alpha value is -1.90. The highest BCUT2D eigenvalue weighted by molar-refractivity contribution is 5.96. The number of aromatic nitrogens is 1. The molecule has 1 unspecified atom stereocenters. The number of rotatable bonds is 4. The number of pyridine rings is 1. The first-order valence-corrected chi connectivity index (χ1v) is 7.38. The Kier molecular flexibility index (Phi) is 5.73. The standard InChI is InChI=1S/C16H22N4O/c1-2-20-9-6-13(12-20)10-19-16(21)15-5-8-18-11-14(15)4-3-7-17/h5,8,11,13H,2,6-7,9-10,12,17H2,1H3,(H,19,21). The number of nitrogens with zero attached hydrogens (tertiary/aromatic N) is 2. The van der Waals surface area contributed by atoms with Gasteiger partial charge in [-0.05, 0) is 31.5 Å². The van der Waals surface area contributed by atoms with Crippen LogP contribution in [0.2, 0.25) is 0 Å². The molecule has 1 amide bonds. The van der Waals surface area contributed by atoms with E-state index in [2.05, 4.69) is 34.0 Å². The summed E-state index contributed by atoms with van der Waals surface area (Å²) < 4.78 is 0. The maximum atomic E-state index is 12.3. The minimum Gasteiger partial charge on any atom is -0.352 e. The van der Waals surface area contributed by atoms with E-state index in [-0.39, 0.29) is 12.5 Å². The Labute approximate surface area is 125 Å². The third kappa shape index (κ3) is 4.28. The van der Waals surface area contributed by atoms with Crippen molar-refractivity contribution in [2.24, 2.45) is 11.7 Å². The summed E-state index contributed by atoms with van der Waals surface area (Å²) in [6.07, 6.45) is 4.35. The average Bonchev–Trinajstić information content (AvgIpc) is 2.99. The Morgan fingerprint density at radius 1 is 1.62 bits per heavy atom. The van der Waals surface area contributed by atoms with Crippen LogP contribution in [0.4, 0.5) is 0 Å². The summed E-state index contributed by atoms with van der Waals surface area (Å²) in [6.45, 7) is 6.41. The number of amides is 1. The smallest absolute Gasteiger partial charge is 0.252 e. The summed E-state index contributed by atoms with van der Waals surface area (Å²) in [7, 11) is 0. The van der Waals surface area contributed by atoms with Crippen LogP contribution in [0.15, 0.2) is 18.5 Å². The minimum absolute atomic E-state index is 0.0892. The predicted octanol–water partition coefficient (Wildman–Crippen LogP) is 0.463. The summed E-state index contributed by atoms with van der Waals surface area (Å²) in [5.74, 6) is 6.10. The van der Waals surface area contributed by atoms with Gasteiger partial charge < -0.3 is 16.0 Å². The van der Waals surface area contributed by atoms with Gasteiger partial charge in [0.2, 0.25) is 0 Å². The quantitative estimate of drug-likeness (QED) is 0.789. The van der Waals surface area contributed by atoms with Crippen LogP contribution in [0.25, 0.3) is 0 Å². The number of likely N-dealkylation sites (tertiary alicyclic amines) is 1. The number of nitrogens with two attached hydrogens (primary N) is 1. The van der Waals surface area contributed by atoms with Crippen molar-refractivity contribution in [1.29, 1.82) is 0 Å². The molecule has 0 aliphatic carbocycles. The number of hydrogen-bond acceptors (Lipinski definition) is 4. The molecule has 1 aromatic rings. The van der Waals surface area contributed by atoms with Gasteiger partial charge in [-0.2, -0.15) is 0 Å². The molecule has 5 heteroatoms. The summed E-state index contributed by atoms with van der Waals surface area (Å²) >= 11 is 0. The lowest BCUT2D eigenvalue weighted by molar-refractivity contribution is 0.0947. The first kappa shape index (κ1) is 15.5. The first-order valence-electron chi connectivity index (χ1n) is 7.38. The van der Waals surface area contributed by atoms with E-state index in [0.717, 1.165) is 26.1 Å². The molecule has 0 aromatic carbocycles. The summed E-state index contributed by atoms with van der Waals surface area (Å²) in [5.41, 5.74) is 6.56. The molecule has 1 aliphatic rings. The molecular weight excluding hydrogens is 264 g/mol. The molecule has 1 atom stereocenters. The van der Waals surface area contributed by atoms with E-state index in [4.69, 9.17) is 5.73 Å². The van der Waals surface area contributed by atoms with E-state index in [1.165, 1.54) is 0 Å². The number of carbonyl (C=O) groups excluding carboxylic acids is 1. The van der Waals surface area contributed by atoms with Crippen molar-refractivity contribution in [3.63, 3.8) is 0 Å². The lowest BCUT2D eigenvalue weighted by atomic mass is 10.1. The highest BCUT2D eigenvalue weighted by Crippen LogP contribution is 2.15. The molecule has 2 heterocycles. The maximum Gasteiger partial charge on any atom is 0.252 e. The van der Waals surface area contributed by atoms with Gasteiger partial charge in [0.15, 0.2) is 0 Å². The van der Waals surface area contributed by atoms with Crippen molar-refractivity contribution in [3.05, 3.63) is 29.6 Å². The van der Waals surface area contributed by atoms with Gasteiger partial charge in [-0.15, -0.1) is 0 Å². The van der Waals surface area contributed by atoms with Crippen molar-refractivity contribution >= 4 is 5.91 Å². The Balaban J connectivity index is 1.95. The topological polar surface area (TPSA) is 71.2 Å². The number of hydrogen-bond donors (Lipinski definition) is 2. The van der Waals surface area contributed by atoms with Crippen molar-refractivity contribution in [3.8, 4) is 11.8 Å². The van der Waals surface area contributed by atoms with Gasteiger partial charge >= 0.3 is 0 Å². The molecule has 0 spiro atoms. The third-order valence-corrected chi connectivity index (χ3v) is 3.76. The van der Waals surface area contributed by atoms with Gasteiger partial charge in [0.05, 0.1) is 17.7 Å². The van der Waals surface area contributed by atoms with Gasteiger partial charge in [-0.3, -0.25) is 9.78 Å². The zero-order chi connectivity index (χ0) is 15.1. The van der Waals surface area contributed by atoms with Crippen molar-refractivity contribution in [2.45, 2.75) is 13.3 Å². The number of nitrogens with one attached hydrogen (secondary N) is 1. The fourth-order valence-electron chi connectivity index (χ4n) is 2.54. The van der Waals surface area contributed by atoms with Gasteiger partial charge in [0.25, 0.3) is 5.91 Å². The highest BCUT2D eigenvalue weighted by atomic mass is 16.1. The van der Waals surface area contributed by atoms with E-state index in [9.17, 15) is 4.79 Å². The van der Waals surface area contributed by atoms with E-state index in [0.29, 0.717) is 23.6 Å². The SMILES string of the molecule is CCN1CCC(CNC(=O)c2ccncc2C#CCN)C1. The second-order valence-electron chi connectivity index (χ2n) is 5.19. The van der Waals surface area contributed by atoms with Gasteiger partial charge in [-0.25, -0.2) is 0 Å². The molecule has 0 bridgehead atoms. The highest BCUT2D eigenvalue weighted by Gasteiger charge is 2.21. The molecule has 1 saturated heterocycles. The molecule has 0 radical (unpaired) electrons. The Morgan fingerprint density at radius 2 is 2.48 bits per heavy atom. The second-order valence-corrected chi connectivity index (χ2v) is 5.19. The van der Waals surface area contributed by atoms with Crippen LogP contribution >= 0.6 is 0 Å². The summed E-state index contributed by atoms with van der Waals surface area (Å²) in [6, 6.07) is 1.70. The number of carbonyl (C=O) groups is 1. The fourth-order valence-corrected chi connectivity index (χ4v) is 2.54. The molecule has 5 nitrogen and oxygen atoms in total. The zero-order valence-corrected chi connectivity index (χ0v) is 12.4. The lowest BCUT2D eigenvalue weighted by Crippen LogP contribution is -2.31. The van der Waals surface area contributed by atoms with Crippen LogP contribution in [0.5, 0.6) is 0 Å². The fraction of sp³-hybridized carbons (Fsp3) is 0.500. The van der Waals surface area contributed by atoms with Crippen LogP contribution in [-0.4, -0.2) is 48.5 Å². The third-order valence-electron chi connectivity index (χ3n) is 3.76. The van der Waals surface area contributed by atoms with E-state index >= 15 is 0 Å². The van der Waals surface area contributed by atoms with Gasteiger partial charge in [0.1, 0.15) is 0 Å². The normalized spacial score (nSPS) is 18.1. The van der Waals surface area contributed by atoms with Crippen molar-refractivity contribution in [2.75, 3.05) is 32.7 Å². The molecule has 3 N–H and O–H groups in total. The van der Waals surface area contributed by atoms with Crippen LogP contribution in [0.1, 0.15) is 29.3 Å². The monoisotopic (exact) mass is 286 g/mol. The molecule has 1 aliphatic heterocycles. The first-order chi connectivity index (χ1) is 10.2. The maximum absolute atomic E-state index is 12.3. The zero-order valence-electron chi connectivity index (χ0n) is 12.4. The van der Waals surface area contributed by atoms with Crippen LogP contribution in [0.3, 0.4) is 0 Å². The van der Waals surface area contributed by atoms with Gasteiger partial charge in [0, 0.05) is 25.5 Å². The average molecular weight is 286 g/mol. The molecule has 2 rings (SSSR count). The van der Waals surface area contributed by atoms with Crippen LogP contribution < -0.4 is 11.1 Å². The minimum atomic E-state index is -0.0892. The van der Waals surface area contributed by atoms with Crippen molar-refractivity contribution in [1.82, 2.24) is 15.2 Å². The van der Waals surface area contributed by atoms with Crippen LogP contribution in [-0.2, 0) is 0 Å². The van der Waals surface area contributed by atoms with Crippen molar-refractivity contribution < 1.29 is 4.79 Å². The summed E-state index contributed by atoms with van der Waals surface area (Å²) in [5, 5.41) is 3.01. The van der Waals surface area contributed by atoms with E-state index in [1.54, 1.807) is 18.5 Å². The second kappa shape index (κ2) is 7.77. The van der Waals surface area contributed by atoms with E-state index in [1.807, 2.05) is 0 Å². The molecule has 21 heavy (non-hydrogen) atoms. The molecule has 112 valence electrons. The molecule has 1 fully saturated rings. The molecular formula is C16H22N4O. The summed E-state index contributed by atoms with van der Waals surface area (Å²) in [4.78, 5) is 18.7. The van der Waals surface area contributed by atoms with Gasteiger partial charge in [-0.1, -0.05) is 18.8 Å².